The van der Waals surface area contributed by atoms with E-state index in [1.165, 1.54) is 22.9 Å². The van der Waals surface area contributed by atoms with Gasteiger partial charge in [-0.1, -0.05) is 18.5 Å². The first-order chi connectivity index (χ1) is 9.49. The van der Waals surface area contributed by atoms with Crippen LogP contribution < -0.4 is 0 Å². The van der Waals surface area contributed by atoms with Gasteiger partial charge in [-0.15, -0.1) is 5.10 Å². The maximum Gasteiger partial charge on any atom is 0.306 e. The number of benzene rings is 1. The number of tetrazole rings is 1. The standard InChI is InChI=1S/C12H12ClFN4O2/c1-7(12(19)20)4-5-18-11(15-16-17-18)8-2-3-10(14)9(13)6-8/h2-3,6-7H,4-5H2,1H3,(H,19,20). The van der Waals surface area contributed by atoms with Crippen molar-refractivity contribution < 1.29 is 14.3 Å². The second-order valence-electron chi connectivity index (χ2n) is 4.38. The van der Waals surface area contributed by atoms with E-state index in [0.29, 0.717) is 24.4 Å². The first-order valence-corrected chi connectivity index (χ1v) is 6.31. The summed E-state index contributed by atoms with van der Waals surface area (Å²) in [6.45, 7) is 1.96. The van der Waals surface area contributed by atoms with Gasteiger partial charge in [0, 0.05) is 12.1 Å². The number of aryl methyl sites for hydroxylation is 1. The van der Waals surface area contributed by atoms with E-state index in [9.17, 15) is 9.18 Å². The molecule has 0 aliphatic heterocycles. The van der Waals surface area contributed by atoms with E-state index in [1.807, 2.05) is 0 Å². The van der Waals surface area contributed by atoms with Crippen LogP contribution in [0.1, 0.15) is 13.3 Å². The van der Waals surface area contributed by atoms with Crippen molar-refractivity contribution in [3.05, 3.63) is 29.0 Å². The van der Waals surface area contributed by atoms with Crippen LogP contribution in [0.4, 0.5) is 4.39 Å². The molecule has 0 bridgehead atoms. The molecule has 2 aromatic rings. The number of carboxylic acids is 1. The number of hydrogen-bond donors (Lipinski definition) is 1. The number of nitrogens with zero attached hydrogens (tertiary/aromatic N) is 4. The van der Waals surface area contributed by atoms with E-state index in [2.05, 4.69) is 15.5 Å². The molecule has 1 aromatic heterocycles. The molecule has 0 aliphatic carbocycles. The van der Waals surface area contributed by atoms with Crippen LogP contribution in [-0.4, -0.2) is 31.3 Å². The second kappa shape index (κ2) is 5.96. The Kier molecular flexibility index (Phi) is 4.29. The summed E-state index contributed by atoms with van der Waals surface area (Å²) in [5, 5.41) is 20.0. The summed E-state index contributed by atoms with van der Waals surface area (Å²) in [6, 6.07) is 4.18. The zero-order chi connectivity index (χ0) is 14.7. The molecule has 0 saturated heterocycles. The third-order valence-corrected chi connectivity index (χ3v) is 3.19. The molecule has 20 heavy (non-hydrogen) atoms. The van der Waals surface area contributed by atoms with Gasteiger partial charge in [-0.05, 0) is 35.0 Å². The monoisotopic (exact) mass is 298 g/mol. The van der Waals surface area contributed by atoms with Crippen LogP contribution in [0.5, 0.6) is 0 Å². The minimum absolute atomic E-state index is 0.0176. The number of carboxylic acid groups (broad SMARTS) is 1. The van der Waals surface area contributed by atoms with E-state index >= 15 is 0 Å². The molecule has 1 atom stereocenters. The van der Waals surface area contributed by atoms with Crippen molar-refractivity contribution in [3.8, 4) is 11.4 Å². The average Bonchev–Trinajstić information content (AvgIpc) is 2.87. The summed E-state index contributed by atoms with van der Waals surface area (Å²) in [6.07, 6.45) is 0.391. The lowest BCUT2D eigenvalue weighted by atomic mass is 10.1. The Hall–Kier alpha value is -2.02. The van der Waals surface area contributed by atoms with Crippen LogP contribution in [0.15, 0.2) is 18.2 Å². The molecule has 0 fully saturated rings. The van der Waals surface area contributed by atoms with Gasteiger partial charge in [-0.3, -0.25) is 4.79 Å². The molecular weight excluding hydrogens is 287 g/mol. The molecule has 8 heteroatoms. The van der Waals surface area contributed by atoms with Crippen molar-refractivity contribution in [2.24, 2.45) is 5.92 Å². The van der Waals surface area contributed by atoms with Gasteiger partial charge in [-0.2, -0.15) is 0 Å². The number of rotatable bonds is 5. The van der Waals surface area contributed by atoms with E-state index in [1.54, 1.807) is 6.92 Å². The van der Waals surface area contributed by atoms with Gasteiger partial charge in [-0.25, -0.2) is 9.07 Å². The number of aromatic nitrogens is 4. The molecule has 106 valence electrons. The quantitative estimate of drug-likeness (QED) is 0.915. The van der Waals surface area contributed by atoms with Gasteiger partial charge in [0.2, 0.25) is 0 Å². The highest BCUT2D eigenvalue weighted by molar-refractivity contribution is 6.31. The van der Waals surface area contributed by atoms with Gasteiger partial charge in [0.15, 0.2) is 5.82 Å². The van der Waals surface area contributed by atoms with Crippen molar-refractivity contribution in [1.29, 1.82) is 0 Å². The minimum atomic E-state index is -0.871. The Morgan fingerprint density at radius 1 is 1.55 bits per heavy atom. The van der Waals surface area contributed by atoms with E-state index < -0.39 is 17.7 Å². The lowest BCUT2D eigenvalue weighted by Crippen LogP contribution is -2.14. The van der Waals surface area contributed by atoms with E-state index in [0.717, 1.165) is 0 Å². The molecular formula is C12H12ClFN4O2. The minimum Gasteiger partial charge on any atom is -0.481 e. The van der Waals surface area contributed by atoms with Gasteiger partial charge < -0.3 is 5.11 Å². The van der Waals surface area contributed by atoms with Gasteiger partial charge >= 0.3 is 5.97 Å². The van der Waals surface area contributed by atoms with E-state index in [4.69, 9.17) is 16.7 Å². The molecule has 1 heterocycles. The Morgan fingerprint density at radius 2 is 2.30 bits per heavy atom. The highest BCUT2D eigenvalue weighted by atomic mass is 35.5. The van der Waals surface area contributed by atoms with Crippen molar-refractivity contribution >= 4 is 17.6 Å². The maximum atomic E-state index is 13.1. The summed E-state index contributed by atoms with van der Waals surface area (Å²) in [5.74, 6) is -1.47. The molecule has 0 spiro atoms. The van der Waals surface area contributed by atoms with E-state index in [-0.39, 0.29) is 5.02 Å². The topological polar surface area (TPSA) is 80.9 Å². The molecule has 0 radical (unpaired) electrons. The largest absolute Gasteiger partial charge is 0.481 e. The number of aliphatic carboxylic acids is 1. The predicted octanol–water partition coefficient (Wildman–Crippen LogP) is 2.24. The fraction of sp³-hybridized carbons (Fsp3) is 0.333. The van der Waals surface area contributed by atoms with Crippen LogP contribution in [0.25, 0.3) is 11.4 Å². The molecule has 0 aliphatic rings. The van der Waals surface area contributed by atoms with Crippen molar-refractivity contribution in [2.75, 3.05) is 0 Å². The predicted molar refractivity (Wildman–Crippen MR) is 69.6 cm³/mol. The molecule has 0 amide bonds. The SMILES string of the molecule is CC(CCn1nnnc1-c1ccc(F)c(Cl)c1)C(=O)O. The molecule has 1 N–H and O–H groups in total. The Morgan fingerprint density at radius 3 is 2.95 bits per heavy atom. The van der Waals surface area contributed by atoms with Crippen molar-refractivity contribution in [1.82, 2.24) is 20.2 Å². The van der Waals surface area contributed by atoms with Gasteiger partial charge in [0.05, 0.1) is 10.9 Å². The van der Waals surface area contributed by atoms with Crippen molar-refractivity contribution in [2.45, 2.75) is 19.9 Å². The van der Waals surface area contributed by atoms with Crippen LogP contribution in [0.3, 0.4) is 0 Å². The maximum absolute atomic E-state index is 13.1. The third kappa shape index (κ3) is 3.11. The average molecular weight is 299 g/mol. The zero-order valence-electron chi connectivity index (χ0n) is 10.6. The first-order valence-electron chi connectivity index (χ1n) is 5.93. The lowest BCUT2D eigenvalue weighted by Gasteiger charge is -2.07. The Bertz CT molecular complexity index is 632. The number of carbonyl (C=O) groups is 1. The molecule has 6 nitrogen and oxygen atoms in total. The first kappa shape index (κ1) is 14.4. The van der Waals surface area contributed by atoms with Crippen LogP contribution >= 0.6 is 11.6 Å². The summed E-state index contributed by atoms with van der Waals surface area (Å²) in [4.78, 5) is 10.8. The van der Waals surface area contributed by atoms with Crippen LogP contribution in [0, 0.1) is 11.7 Å². The van der Waals surface area contributed by atoms with Crippen LogP contribution in [0.2, 0.25) is 5.02 Å². The molecule has 1 aromatic carbocycles. The van der Waals surface area contributed by atoms with Gasteiger partial charge in [0.1, 0.15) is 5.82 Å². The zero-order valence-corrected chi connectivity index (χ0v) is 11.4. The number of hydrogen-bond acceptors (Lipinski definition) is 4. The smallest absolute Gasteiger partial charge is 0.306 e. The summed E-state index contributed by atoms with van der Waals surface area (Å²) in [7, 11) is 0. The third-order valence-electron chi connectivity index (χ3n) is 2.91. The summed E-state index contributed by atoms with van der Waals surface area (Å²) >= 11 is 5.72. The lowest BCUT2D eigenvalue weighted by molar-refractivity contribution is -0.141. The Labute approximate surface area is 119 Å². The highest BCUT2D eigenvalue weighted by Crippen LogP contribution is 2.23. The summed E-state index contributed by atoms with van der Waals surface area (Å²) in [5.41, 5.74) is 0.573. The normalized spacial score (nSPS) is 12.3. The Balaban J connectivity index is 2.19. The van der Waals surface area contributed by atoms with Crippen LogP contribution in [-0.2, 0) is 11.3 Å². The van der Waals surface area contributed by atoms with Gasteiger partial charge in [0.25, 0.3) is 0 Å². The highest BCUT2D eigenvalue weighted by Gasteiger charge is 2.15. The molecule has 0 saturated carbocycles. The molecule has 1 unspecified atom stereocenters. The fourth-order valence-corrected chi connectivity index (χ4v) is 1.82. The number of halogens is 2. The second-order valence-corrected chi connectivity index (χ2v) is 4.79. The van der Waals surface area contributed by atoms with Crippen molar-refractivity contribution in [3.63, 3.8) is 0 Å². The molecule has 2 rings (SSSR count). The fourth-order valence-electron chi connectivity index (χ4n) is 1.64. The summed E-state index contributed by atoms with van der Waals surface area (Å²) < 4.78 is 14.6.